The molecule has 16 heavy (non-hydrogen) atoms. The summed E-state index contributed by atoms with van der Waals surface area (Å²) in [5, 5.41) is 8.41. The molecule has 0 amide bonds. The van der Waals surface area contributed by atoms with Crippen LogP contribution in [0.5, 0.6) is 0 Å². The molecule has 1 nitrogen and oxygen atoms in total. The third kappa shape index (κ3) is 3.27. The summed E-state index contributed by atoms with van der Waals surface area (Å²) in [6.45, 7) is 1.90. The van der Waals surface area contributed by atoms with Crippen molar-refractivity contribution in [1.29, 1.82) is 5.26 Å². The van der Waals surface area contributed by atoms with Crippen LogP contribution in [-0.2, 0) is 6.18 Å². The minimum atomic E-state index is -4.28. The Morgan fingerprint density at radius 1 is 1.25 bits per heavy atom. The molecule has 0 N–H and O–H groups in total. The molecule has 0 bridgehead atoms. The van der Waals surface area contributed by atoms with Crippen molar-refractivity contribution in [2.75, 3.05) is 0 Å². The first-order valence-electron chi connectivity index (χ1n) is 4.99. The number of hydrogen-bond donors (Lipinski definition) is 0. The van der Waals surface area contributed by atoms with Crippen molar-refractivity contribution in [2.24, 2.45) is 0 Å². The second kappa shape index (κ2) is 5.02. The van der Waals surface area contributed by atoms with Gasteiger partial charge in [-0.3, -0.25) is 0 Å². The molecule has 0 radical (unpaired) electrons. The molecule has 1 unspecified atom stereocenters. The van der Waals surface area contributed by atoms with E-state index in [2.05, 4.69) is 0 Å². The Labute approximate surface area is 92.5 Å². The zero-order valence-corrected chi connectivity index (χ0v) is 8.88. The SMILES string of the molecule is CC(CCC#N)c1ccc(C(F)(F)F)cc1. The number of rotatable bonds is 3. The molecule has 1 atom stereocenters. The Hall–Kier alpha value is -1.50. The van der Waals surface area contributed by atoms with Crippen LogP contribution in [0.1, 0.15) is 36.8 Å². The number of nitriles is 1. The quantitative estimate of drug-likeness (QED) is 0.762. The van der Waals surface area contributed by atoms with Crippen molar-refractivity contribution in [1.82, 2.24) is 0 Å². The molecule has 0 spiro atoms. The van der Waals surface area contributed by atoms with Gasteiger partial charge in [-0.25, -0.2) is 0 Å². The number of alkyl halides is 3. The van der Waals surface area contributed by atoms with E-state index in [1.54, 1.807) is 0 Å². The summed E-state index contributed by atoms with van der Waals surface area (Å²) in [4.78, 5) is 0. The van der Waals surface area contributed by atoms with Gasteiger partial charge in [0.1, 0.15) is 0 Å². The van der Waals surface area contributed by atoms with E-state index in [1.165, 1.54) is 12.1 Å². The predicted molar refractivity (Wildman–Crippen MR) is 54.7 cm³/mol. The molecule has 0 aliphatic heterocycles. The van der Waals surface area contributed by atoms with Gasteiger partial charge in [-0.15, -0.1) is 0 Å². The molecule has 4 heteroatoms. The van der Waals surface area contributed by atoms with E-state index >= 15 is 0 Å². The van der Waals surface area contributed by atoms with Gasteiger partial charge in [0.25, 0.3) is 0 Å². The third-order valence-corrected chi connectivity index (χ3v) is 2.50. The summed E-state index contributed by atoms with van der Waals surface area (Å²) in [6, 6.07) is 7.14. The van der Waals surface area contributed by atoms with E-state index in [4.69, 9.17) is 5.26 Å². The molecule has 0 heterocycles. The lowest BCUT2D eigenvalue weighted by atomic mass is 9.95. The fourth-order valence-electron chi connectivity index (χ4n) is 1.45. The number of nitrogens with zero attached hydrogens (tertiary/aromatic N) is 1. The first-order chi connectivity index (χ1) is 7.45. The predicted octanol–water partition coefficient (Wildman–Crippen LogP) is 4.11. The topological polar surface area (TPSA) is 23.8 Å². The second-order valence-corrected chi connectivity index (χ2v) is 3.72. The third-order valence-electron chi connectivity index (χ3n) is 2.50. The van der Waals surface area contributed by atoms with Crippen LogP contribution in [0.25, 0.3) is 0 Å². The van der Waals surface area contributed by atoms with Crippen LogP contribution in [0.4, 0.5) is 13.2 Å². The van der Waals surface area contributed by atoms with Gasteiger partial charge in [0, 0.05) is 6.42 Å². The standard InChI is InChI=1S/C12H12F3N/c1-9(3-2-8-16)10-4-6-11(7-5-10)12(13,14)15/h4-7,9H,2-3H2,1H3. The van der Waals surface area contributed by atoms with Gasteiger partial charge in [0.05, 0.1) is 11.6 Å². The fourth-order valence-corrected chi connectivity index (χ4v) is 1.45. The monoisotopic (exact) mass is 227 g/mol. The molecule has 0 saturated carbocycles. The van der Waals surface area contributed by atoms with Crippen molar-refractivity contribution >= 4 is 0 Å². The Morgan fingerprint density at radius 3 is 2.25 bits per heavy atom. The molecule has 0 aromatic heterocycles. The van der Waals surface area contributed by atoms with E-state index in [9.17, 15) is 13.2 Å². The fraction of sp³-hybridized carbons (Fsp3) is 0.417. The normalized spacial score (nSPS) is 13.2. The van der Waals surface area contributed by atoms with Crippen LogP contribution < -0.4 is 0 Å². The van der Waals surface area contributed by atoms with E-state index in [0.29, 0.717) is 12.8 Å². The highest BCUT2D eigenvalue weighted by molar-refractivity contribution is 5.26. The lowest BCUT2D eigenvalue weighted by Crippen LogP contribution is -2.05. The van der Waals surface area contributed by atoms with Gasteiger partial charge in [-0.2, -0.15) is 18.4 Å². The van der Waals surface area contributed by atoms with Crippen LogP contribution in [-0.4, -0.2) is 0 Å². The maximum Gasteiger partial charge on any atom is 0.416 e. The Bertz CT molecular complexity index is 373. The molecule has 0 saturated heterocycles. The van der Waals surface area contributed by atoms with Crippen molar-refractivity contribution < 1.29 is 13.2 Å². The molecule has 0 fully saturated rings. The van der Waals surface area contributed by atoms with Gasteiger partial charge in [0.2, 0.25) is 0 Å². The zero-order chi connectivity index (χ0) is 12.2. The van der Waals surface area contributed by atoms with Crippen LogP contribution in [0.3, 0.4) is 0 Å². The molecular formula is C12H12F3N. The van der Waals surface area contributed by atoms with Crippen LogP contribution in [0.2, 0.25) is 0 Å². The van der Waals surface area contributed by atoms with Crippen molar-refractivity contribution in [3.8, 4) is 6.07 Å². The lowest BCUT2D eigenvalue weighted by molar-refractivity contribution is -0.137. The molecule has 86 valence electrons. The maximum atomic E-state index is 12.3. The summed E-state index contributed by atoms with van der Waals surface area (Å²) in [7, 11) is 0. The van der Waals surface area contributed by atoms with Crippen molar-refractivity contribution in [3.05, 3.63) is 35.4 Å². The molecule has 0 aliphatic rings. The summed E-state index contributed by atoms with van der Waals surface area (Å²) in [5.74, 6) is 0.113. The number of hydrogen-bond acceptors (Lipinski definition) is 1. The van der Waals surface area contributed by atoms with Gasteiger partial charge in [-0.1, -0.05) is 19.1 Å². The van der Waals surface area contributed by atoms with E-state index in [-0.39, 0.29) is 5.92 Å². The first-order valence-corrected chi connectivity index (χ1v) is 4.99. The van der Waals surface area contributed by atoms with E-state index in [1.807, 2.05) is 13.0 Å². The average molecular weight is 227 g/mol. The summed E-state index contributed by atoms with van der Waals surface area (Å²) >= 11 is 0. The Morgan fingerprint density at radius 2 is 1.81 bits per heavy atom. The van der Waals surface area contributed by atoms with E-state index < -0.39 is 11.7 Å². The van der Waals surface area contributed by atoms with Crippen molar-refractivity contribution in [2.45, 2.75) is 31.9 Å². The molecule has 0 aliphatic carbocycles. The highest BCUT2D eigenvalue weighted by atomic mass is 19.4. The van der Waals surface area contributed by atoms with Gasteiger partial charge >= 0.3 is 6.18 Å². The molecular weight excluding hydrogens is 215 g/mol. The summed E-state index contributed by atoms with van der Waals surface area (Å²) in [6.07, 6.45) is -3.20. The number of benzene rings is 1. The zero-order valence-electron chi connectivity index (χ0n) is 8.88. The van der Waals surface area contributed by atoms with Crippen LogP contribution in [0, 0.1) is 11.3 Å². The second-order valence-electron chi connectivity index (χ2n) is 3.72. The minimum absolute atomic E-state index is 0.113. The highest BCUT2D eigenvalue weighted by Gasteiger charge is 2.30. The van der Waals surface area contributed by atoms with Crippen LogP contribution >= 0.6 is 0 Å². The van der Waals surface area contributed by atoms with Crippen LogP contribution in [0.15, 0.2) is 24.3 Å². The van der Waals surface area contributed by atoms with Gasteiger partial charge < -0.3 is 0 Å². The highest BCUT2D eigenvalue weighted by Crippen LogP contribution is 2.30. The van der Waals surface area contributed by atoms with Gasteiger partial charge in [0.15, 0.2) is 0 Å². The van der Waals surface area contributed by atoms with Gasteiger partial charge in [-0.05, 0) is 30.0 Å². The first kappa shape index (κ1) is 12.6. The average Bonchev–Trinajstić information content (AvgIpc) is 2.25. The Kier molecular flexibility index (Phi) is 3.94. The lowest BCUT2D eigenvalue weighted by Gasteiger charge is -2.11. The molecule has 1 aromatic rings. The van der Waals surface area contributed by atoms with Crippen molar-refractivity contribution in [3.63, 3.8) is 0 Å². The molecule has 1 aromatic carbocycles. The van der Waals surface area contributed by atoms with E-state index in [0.717, 1.165) is 17.7 Å². The largest absolute Gasteiger partial charge is 0.416 e. The number of halogens is 3. The summed E-state index contributed by atoms with van der Waals surface area (Å²) < 4.78 is 36.8. The Balaban J connectivity index is 2.76. The smallest absolute Gasteiger partial charge is 0.198 e. The molecule has 1 rings (SSSR count). The summed E-state index contributed by atoms with van der Waals surface area (Å²) in [5.41, 5.74) is 0.201. The minimum Gasteiger partial charge on any atom is -0.198 e. The maximum absolute atomic E-state index is 12.3.